The Hall–Kier alpha value is -2.24. The van der Waals surface area contributed by atoms with E-state index in [1.807, 2.05) is 45.0 Å². The quantitative estimate of drug-likeness (QED) is 0.930. The molecule has 1 aliphatic heterocycles. The Labute approximate surface area is 142 Å². The molecule has 1 saturated heterocycles. The van der Waals surface area contributed by atoms with E-state index in [9.17, 15) is 4.79 Å². The SMILES string of the molecule is CC(C)(C)OC(=O)N1CCCC[C@H]1COc1nc2ccccc2[nH]1. The summed E-state index contributed by atoms with van der Waals surface area (Å²) in [6, 6.07) is 8.30. The van der Waals surface area contributed by atoms with E-state index in [-0.39, 0.29) is 12.1 Å². The van der Waals surface area contributed by atoms with Gasteiger partial charge in [0.05, 0.1) is 17.1 Å². The summed E-state index contributed by atoms with van der Waals surface area (Å²) in [5.74, 6) is 0. The Morgan fingerprint density at radius 2 is 2.12 bits per heavy atom. The fourth-order valence-electron chi connectivity index (χ4n) is 2.91. The lowest BCUT2D eigenvalue weighted by Gasteiger charge is -2.36. The Bertz CT molecular complexity index is 672. The van der Waals surface area contributed by atoms with Crippen molar-refractivity contribution < 1.29 is 14.3 Å². The summed E-state index contributed by atoms with van der Waals surface area (Å²) in [5, 5.41) is 0. The van der Waals surface area contributed by atoms with E-state index in [1.165, 1.54) is 0 Å². The molecule has 24 heavy (non-hydrogen) atoms. The molecule has 0 unspecified atom stereocenters. The number of para-hydroxylation sites is 2. The summed E-state index contributed by atoms with van der Waals surface area (Å²) in [5.41, 5.74) is 1.33. The van der Waals surface area contributed by atoms with Crippen molar-refractivity contribution in [2.75, 3.05) is 13.2 Å². The van der Waals surface area contributed by atoms with Crippen molar-refractivity contribution in [3.8, 4) is 6.01 Å². The lowest BCUT2D eigenvalue weighted by molar-refractivity contribution is 0.00313. The number of carbonyl (C=O) groups excluding carboxylic acids is 1. The lowest BCUT2D eigenvalue weighted by atomic mass is 10.0. The number of hydrogen-bond donors (Lipinski definition) is 1. The Morgan fingerprint density at radius 1 is 1.33 bits per heavy atom. The normalized spacial score (nSPS) is 18.6. The van der Waals surface area contributed by atoms with Crippen molar-refractivity contribution in [3.63, 3.8) is 0 Å². The van der Waals surface area contributed by atoms with Gasteiger partial charge in [0.15, 0.2) is 0 Å². The minimum atomic E-state index is -0.487. The monoisotopic (exact) mass is 331 g/mol. The van der Waals surface area contributed by atoms with Crippen LogP contribution in [0, 0.1) is 0 Å². The van der Waals surface area contributed by atoms with Crippen molar-refractivity contribution in [2.24, 2.45) is 0 Å². The summed E-state index contributed by atoms with van der Waals surface area (Å²) in [7, 11) is 0. The molecule has 3 rings (SSSR count). The van der Waals surface area contributed by atoms with Crippen LogP contribution in [0.2, 0.25) is 0 Å². The van der Waals surface area contributed by atoms with Gasteiger partial charge in [-0.05, 0) is 52.2 Å². The maximum absolute atomic E-state index is 12.4. The first-order valence-electron chi connectivity index (χ1n) is 8.49. The van der Waals surface area contributed by atoms with Gasteiger partial charge in [0.1, 0.15) is 12.2 Å². The average Bonchev–Trinajstić information content (AvgIpc) is 2.94. The second-order valence-corrected chi connectivity index (χ2v) is 7.19. The number of aromatic amines is 1. The van der Waals surface area contributed by atoms with E-state index in [0.717, 1.165) is 30.3 Å². The van der Waals surface area contributed by atoms with Crippen LogP contribution < -0.4 is 4.74 Å². The Kier molecular flexibility index (Phi) is 4.64. The molecule has 0 spiro atoms. The van der Waals surface area contributed by atoms with E-state index in [2.05, 4.69) is 9.97 Å². The molecule has 0 radical (unpaired) electrons. The summed E-state index contributed by atoms with van der Waals surface area (Å²) in [4.78, 5) is 21.8. The summed E-state index contributed by atoms with van der Waals surface area (Å²) in [6.07, 6.45) is 2.74. The number of carbonyl (C=O) groups is 1. The van der Waals surface area contributed by atoms with Crippen LogP contribution >= 0.6 is 0 Å². The maximum atomic E-state index is 12.4. The fraction of sp³-hybridized carbons (Fsp3) is 0.556. The largest absolute Gasteiger partial charge is 0.463 e. The number of rotatable bonds is 3. The number of hydrogen-bond acceptors (Lipinski definition) is 4. The molecule has 130 valence electrons. The molecule has 1 fully saturated rings. The number of ether oxygens (including phenoxy) is 2. The molecule has 1 atom stereocenters. The highest BCUT2D eigenvalue weighted by molar-refractivity contribution is 5.75. The van der Waals surface area contributed by atoms with E-state index >= 15 is 0 Å². The average molecular weight is 331 g/mol. The van der Waals surface area contributed by atoms with E-state index in [1.54, 1.807) is 4.90 Å². The zero-order valence-electron chi connectivity index (χ0n) is 14.5. The van der Waals surface area contributed by atoms with Gasteiger partial charge in [0.2, 0.25) is 0 Å². The number of likely N-dealkylation sites (tertiary alicyclic amines) is 1. The number of fused-ring (bicyclic) bond motifs is 1. The van der Waals surface area contributed by atoms with Gasteiger partial charge in [-0.3, -0.25) is 0 Å². The molecule has 1 N–H and O–H groups in total. The molecule has 1 aliphatic rings. The van der Waals surface area contributed by atoms with Gasteiger partial charge in [-0.2, -0.15) is 4.98 Å². The summed E-state index contributed by atoms with van der Waals surface area (Å²) >= 11 is 0. The number of amides is 1. The summed E-state index contributed by atoms with van der Waals surface area (Å²) < 4.78 is 11.3. The molecule has 2 aromatic rings. The summed E-state index contributed by atoms with van der Waals surface area (Å²) in [6.45, 7) is 6.78. The molecule has 0 bridgehead atoms. The van der Waals surface area contributed by atoms with Crippen LogP contribution in [0.25, 0.3) is 11.0 Å². The van der Waals surface area contributed by atoms with Crippen molar-refractivity contribution in [1.82, 2.24) is 14.9 Å². The number of aromatic nitrogens is 2. The predicted octanol–water partition coefficient (Wildman–Crippen LogP) is 3.73. The van der Waals surface area contributed by atoms with E-state index in [0.29, 0.717) is 19.2 Å². The molecule has 0 saturated carbocycles. The number of nitrogens with zero attached hydrogens (tertiary/aromatic N) is 2. The van der Waals surface area contributed by atoms with Gasteiger partial charge in [0.25, 0.3) is 6.01 Å². The van der Waals surface area contributed by atoms with Crippen LogP contribution in [-0.2, 0) is 4.74 Å². The topological polar surface area (TPSA) is 67.4 Å². The molecule has 2 heterocycles. The van der Waals surface area contributed by atoms with Gasteiger partial charge in [0, 0.05) is 6.54 Å². The lowest BCUT2D eigenvalue weighted by Crippen LogP contribution is -2.48. The minimum absolute atomic E-state index is 0.0156. The van der Waals surface area contributed by atoms with Gasteiger partial charge in [-0.25, -0.2) is 4.79 Å². The molecule has 1 aromatic carbocycles. The van der Waals surface area contributed by atoms with Gasteiger partial charge in [-0.15, -0.1) is 0 Å². The van der Waals surface area contributed by atoms with E-state index in [4.69, 9.17) is 9.47 Å². The van der Waals surface area contributed by atoms with Crippen LogP contribution in [0.1, 0.15) is 40.0 Å². The number of piperidine rings is 1. The smallest absolute Gasteiger partial charge is 0.410 e. The third-order valence-electron chi connectivity index (χ3n) is 4.04. The Morgan fingerprint density at radius 3 is 2.88 bits per heavy atom. The third kappa shape index (κ3) is 3.99. The second kappa shape index (κ2) is 6.71. The van der Waals surface area contributed by atoms with Gasteiger partial charge in [-0.1, -0.05) is 12.1 Å². The van der Waals surface area contributed by atoms with Crippen molar-refractivity contribution in [1.29, 1.82) is 0 Å². The van der Waals surface area contributed by atoms with Crippen molar-refractivity contribution in [3.05, 3.63) is 24.3 Å². The molecule has 1 aromatic heterocycles. The number of nitrogens with one attached hydrogen (secondary N) is 1. The van der Waals surface area contributed by atoms with Crippen LogP contribution in [0.5, 0.6) is 6.01 Å². The molecule has 6 heteroatoms. The zero-order chi connectivity index (χ0) is 17.2. The van der Waals surface area contributed by atoms with Crippen LogP contribution in [0.3, 0.4) is 0 Å². The molecular weight excluding hydrogens is 306 g/mol. The second-order valence-electron chi connectivity index (χ2n) is 7.19. The fourth-order valence-corrected chi connectivity index (χ4v) is 2.91. The van der Waals surface area contributed by atoms with Crippen LogP contribution in [-0.4, -0.2) is 45.8 Å². The van der Waals surface area contributed by atoms with Gasteiger partial charge >= 0.3 is 6.09 Å². The minimum Gasteiger partial charge on any atom is -0.463 e. The third-order valence-corrected chi connectivity index (χ3v) is 4.04. The standard InChI is InChI=1S/C18H25N3O3/c1-18(2,3)24-17(22)21-11-7-6-8-13(21)12-23-16-19-14-9-4-5-10-15(14)20-16/h4-5,9-10,13H,6-8,11-12H2,1-3H3,(H,19,20)/t13-/m0/s1. The number of imidazole rings is 1. The number of H-pyrrole nitrogens is 1. The first kappa shape index (κ1) is 16.6. The highest BCUT2D eigenvalue weighted by Crippen LogP contribution is 2.22. The maximum Gasteiger partial charge on any atom is 0.410 e. The van der Waals surface area contributed by atoms with Crippen LogP contribution in [0.15, 0.2) is 24.3 Å². The highest BCUT2D eigenvalue weighted by atomic mass is 16.6. The molecular formula is C18H25N3O3. The Balaban J connectivity index is 1.64. The first-order valence-corrected chi connectivity index (χ1v) is 8.49. The zero-order valence-corrected chi connectivity index (χ0v) is 14.5. The first-order chi connectivity index (χ1) is 11.4. The highest BCUT2D eigenvalue weighted by Gasteiger charge is 2.31. The van der Waals surface area contributed by atoms with Crippen LogP contribution in [0.4, 0.5) is 4.79 Å². The van der Waals surface area contributed by atoms with Crippen molar-refractivity contribution in [2.45, 2.75) is 51.7 Å². The van der Waals surface area contributed by atoms with Gasteiger partial charge < -0.3 is 19.4 Å². The van der Waals surface area contributed by atoms with Crippen molar-refractivity contribution >= 4 is 17.1 Å². The predicted molar refractivity (Wildman–Crippen MR) is 92.2 cm³/mol. The molecule has 1 amide bonds. The van der Waals surface area contributed by atoms with E-state index < -0.39 is 5.60 Å². The number of benzene rings is 1. The molecule has 6 nitrogen and oxygen atoms in total. The molecule has 0 aliphatic carbocycles.